The van der Waals surface area contributed by atoms with Gasteiger partial charge in [0, 0.05) is 0 Å². The highest BCUT2D eigenvalue weighted by Crippen LogP contribution is 2.18. The van der Waals surface area contributed by atoms with E-state index in [0.29, 0.717) is 12.2 Å². The molecule has 0 fully saturated rings. The van der Waals surface area contributed by atoms with Gasteiger partial charge in [-0.2, -0.15) is 0 Å². The van der Waals surface area contributed by atoms with Crippen molar-refractivity contribution < 1.29 is 14.6 Å². The van der Waals surface area contributed by atoms with Crippen LogP contribution in [-0.2, 0) is 4.74 Å². The van der Waals surface area contributed by atoms with Gasteiger partial charge in [-0.05, 0) is 24.6 Å². The van der Waals surface area contributed by atoms with E-state index in [1.54, 1.807) is 24.3 Å². The lowest BCUT2D eigenvalue weighted by Gasteiger charge is -2.11. The smallest absolute Gasteiger partial charge is 0.214 e. The summed E-state index contributed by atoms with van der Waals surface area (Å²) in [6.07, 6.45) is -1.01. The van der Waals surface area contributed by atoms with Gasteiger partial charge in [0.1, 0.15) is 5.75 Å². The normalized spacial score (nSPS) is 11.9. The van der Waals surface area contributed by atoms with Crippen LogP contribution in [0.25, 0.3) is 0 Å². The average Bonchev–Trinajstić information content (AvgIpc) is 2.28. The molecule has 0 aliphatic carbocycles. The van der Waals surface area contributed by atoms with Crippen LogP contribution in [0.5, 0.6) is 5.75 Å². The molecule has 0 saturated carbocycles. The molecule has 1 rings (SSSR count). The minimum Gasteiger partial charge on any atom is -0.494 e. The third-order valence-corrected chi connectivity index (χ3v) is 1.98. The van der Waals surface area contributed by atoms with E-state index in [-0.39, 0.29) is 5.90 Å². The third kappa shape index (κ3) is 2.95. The van der Waals surface area contributed by atoms with Crippen molar-refractivity contribution >= 4 is 5.90 Å². The molecule has 0 aliphatic rings. The highest BCUT2D eigenvalue weighted by atomic mass is 16.5. The summed E-state index contributed by atoms with van der Waals surface area (Å²) in [5, 5.41) is 16.9. The van der Waals surface area contributed by atoms with Crippen molar-refractivity contribution in [3.63, 3.8) is 0 Å². The molecule has 0 saturated heterocycles. The quantitative estimate of drug-likeness (QED) is 0.586. The molecule has 0 heterocycles. The fourth-order valence-electron chi connectivity index (χ4n) is 1.18. The molecule has 0 spiro atoms. The molecule has 1 atom stereocenters. The summed E-state index contributed by atoms with van der Waals surface area (Å²) in [5.74, 6) is 0.580. The topological polar surface area (TPSA) is 62.5 Å². The van der Waals surface area contributed by atoms with E-state index in [4.69, 9.17) is 10.1 Å². The van der Waals surface area contributed by atoms with Crippen LogP contribution in [0.4, 0.5) is 0 Å². The van der Waals surface area contributed by atoms with Gasteiger partial charge in [-0.3, -0.25) is 5.41 Å². The zero-order chi connectivity index (χ0) is 11.3. The van der Waals surface area contributed by atoms with Crippen molar-refractivity contribution in [1.29, 1.82) is 5.41 Å². The Balaban J connectivity index is 2.75. The molecule has 0 bridgehead atoms. The minimum atomic E-state index is -1.01. The monoisotopic (exact) mass is 209 g/mol. The summed E-state index contributed by atoms with van der Waals surface area (Å²) in [5.41, 5.74) is 0.616. The Kier molecular flexibility index (Phi) is 4.12. The lowest BCUT2D eigenvalue weighted by Crippen LogP contribution is -2.12. The van der Waals surface area contributed by atoms with E-state index in [1.807, 2.05) is 6.92 Å². The molecule has 1 aromatic carbocycles. The van der Waals surface area contributed by atoms with E-state index in [1.165, 1.54) is 7.11 Å². The number of hydrogen-bond donors (Lipinski definition) is 2. The maximum atomic E-state index is 9.62. The second-order valence-corrected chi connectivity index (χ2v) is 2.97. The van der Waals surface area contributed by atoms with Gasteiger partial charge >= 0.3 is 0 Å². The van der Waals surface area contributed by atoms with Gasteiger partial charge in [-0.15, -0.1) is 0 Å². The minimum absolute atomic E-state index is 0.167. The average molecular weight is 209 g/mol. The van der Waals surface area contributed by atoms with Crippen molar-refractivity contribution in [3.8, 4) is 5.75 Å². The lowest BCUT2D eigenvalue weighted by molar-refractivity contribution is 0.205. The second-order valence-electron chi connectivity index (χ2n) is 2.97. The van der Waals surface area contributed by atoms with Crippen LogP contribution in [-0.4, -0.2) is 24.7 Å². The van der Waals surface area contributed by atoms with E-state index >= 15 is 0 Å². The zero-order valence-electron chi connectivity index (χ0n) is 8.86. The van der Waals surface area contributed by atoms with Crippen LogP contribution in [0, 0.1) is 5.41 Å². The van der Waals surface area contributed by atoms with Crippen LogP contribution >= 0.6 is 0 Å². The Morgan fingerprint density at radius 1 is 1.40 bits per heavy atom. The molecule has 4 nitrogen and oxygen atoms in total. The van der Waals surface area contributed by atoms with Gasteiger partial charge in [0.25, 0.3) is 0 Å². The Labute approximate surface area is 89.0 Å². The van der Waals surface area contributed by atoms with E-state index in [2.05, 4.69) is 4.74 Å². The maximum Gasteiger partial charge on any atom is 0.214 e. The molecule has 2 N–H and O–H groups in total. The number of rotatable bonds is 4. The van der Waals surface area contributed by atoms with Gasteiger partial charge in [-0.25, -0.2) is 0 Å². The van der Waals surface area contributed by atoms with Crippen molar-refractivity contribution in [3.05, 3.63) is 29.8 Å². The molecule has 15 heavy (non-hydrogen) atoms. The number of ether oxygens (including phenoxy) is 2. The van der Waals surface area contributed by atoms with Crippen LogP contribution in [0.1, 0.15) is 18.6 Å². The molecule has 0 aliphatic heterocycles. The summed E-state index contributed by atoms with van der Waals surface area (Å²) in [6.45, 7) is 2.51. The van der Waals surface area contributed by atoms with Gasteiger partial charge in [0.2, 0.25) is 5.90 Å². The first-order chi connectivity index (χ1) is 7.19. The Bertz CT molecular complexity index is 321. The fourth-order valence-corrected chi connectivity index (χ4v) is 1.18. The van der Waals surface area contributed by atoms with E-state index in [0.717, 1.165) is 5.75 Å². The summed E-state index contributed by atoms with van der Waals surface area (Å²) >= 11 is 0. The molecule has 4 heteroatoms. The molecular weight excluding hydrogens is 194 g/mol. The van der Waals surface area contributed by atoms with Crippen molar-refractivity contribution in [2.45, 2.75) is 13.0 Å². The summed E-state index contributed by atoms with van der Waals surface area (Å²) in [4.78, 5) is 0. The Hall–Kier alpha value is -1.55. The van der Waals surface area contributed by atoms with Gasteiger partial charge in [0.05, 0.1) is 13.7 Å². The molecule has 0 aromatic heterocycles. The maximum absolute atomic E-state index is 9.62. The highest BCUT2D eigenvalue weighted by Gasteiger charge is 2.13. The van der Waals surface area contributed by atoms with Gasteiger partial charge < -0.3 is 14.6 Å². The van der Waals surface area contributed by atoms with Gasteiger partial charge in [-0.1, -0.05) is 12.1 Å². The van der Waals surface area contributed by atoms with Gasteiger partial charge in [0.15, 0.2) is 6.10 Å². The standard InChI is InChI=1S/C11H15NO3/c1-3-15-9-6-4-8(5-7-9)10(13)11(12)14-2/h4-7,10,12-13H,3H2,1-2H3. The summed E-state index contributed by atoms with van der Waals surface area (Å²) < 4.78 is 9.91. The van der Waals surface area contributed by atoms with Crippen molar-refractivity contribution in [2.24, 2.45) is 0 Å². The number of aliphatic hydroxyl groups is 1. The van der Waals surface area contributed by atoms with Crippen LogP contribution in [0.15, 0.2) is 24.3 Å². The predicted molar refractivity (Wildman–Crippen MR) is 57.3 cm³/mol. The molecule has 0 radical (unpaired) electrons. The molecule has 0 amide bonds. The van der Waals surface area contributed by atoms with Crippen LogP contribution in [0.3, 0.4) is 0 Å². The molecule has 1 unspecified atom stereocenters. The zero-order valence-corrected chi connectivity index (χ0v) is 8.86. The summed E-state index contributed by atoms with van der Waals surface area (Å²) in [7, 11) is 1.36. The molecule has 1 aromatic rings. The number of nitrogens with one attached hydrogen (secondary N) is 1. The number of aliphatic hydroxyl groups excluding tert-OH is 1. The van der Waals surface area contributed by atoms with E-state index < -0.39 is 6.10 Å². The summed E-state index contributed by atoms with van der Waals surface area (Å²) in [6, 6.07) is 6.93. The first-order valence-electron chi connectivity index (χ1n) is 4.72. The fraction of sp³-hybridized carbons (Fsp3) is 0.364. The largest absolute Gasteiger partial charge is 0.494 e. The first-order valence-corrected chi connectivity index (χ1v) is 4.72. The number of hydrogen-bond acceptors (Lipinski definition) is 4. The molecular formula is C11H15NO3. The Morgan fingerprint density at radius 3 is 2.47 bits per heavy atom. The number of benzene rings is 1. The number of methoxy groups -OCH3 is 1. The van der Waals surface area contributed by atoms with Crippen LogP contribution in [0.2, 0.25) is 0 Å². The third-order valence-electron chi connectivity index (χ3n) is 1.98. The first kappa shape index (κ1) is 11.5. The molecule has 82 valence electrons. The van der Waals surface area contributed by atoms with Crippen molar-refractivity contribution in [1.82, 2.24) is 0 Å². The van der Waals surface area contributed by atoms with Crippen molar-refractivity contribution in [2.75, 3.05) is 13.7 Å². The predicted octanol–water partition coefficient (Wildman–Crippen LogP) is 1.74. The van der Waals surface area contributed by atoms with E-state index in [9.17, 15) is 5.11 Å². The SMILES string of the molecule is CCOc1ccc(C(O)C(=N)OC)cc1. The lowest BCUT2D eigenvalue weighted by atomic mass is 10.1. The second kappa shape index (κ2) is 5.36. The van der Waals surface area contributed by atoms with Crippen LogP contribution < -0.4 is 4.74 Å². The highest BCUT2D eigenvalue weighted by molar-refractivity contribution is 5.78. The Morgan fingerprint density at radius 2 is 2.00 bits per heavy atom.